The molecule has 0 amide bonds. The maximum Gasteiger partial charge on any atom is 0.144 e. The van der Waals surface area contributed by atoms with Crippen LogP contribution in [0.3, 0.4) is 0 Å². The van der Waals surface area contributed by atoms with E-state index in [2.05, 4.69) is 140 Å². The molecule has 0 N–H and O–H groups in total. The summed E-state index contributed by atoms with van der Waals surface area (Å²) in [5.41, 5.74) is 10.4. The molecule has 10 rings (SSSR count). The number of hydrogen-bond donors (Lipinski definition) is 0. The minimum absolute atomic E-state index is 0.868. The number of hydrogen-bond acceptors (Lipinski definition) is 2. The fraction of sp³-hybridized carbons (Fsp3) is 0. The quantitative estimate of drug-likeness (QED) is 0.193. The lowest BCUT2D eigenvalue weighted by Crippen LogP contribution is -1.92. The molecular formula is C44H26O2. The van der Waals surface area contributed by atoms with Gasteiger partial charge in [0, 0.05) is 32.7 Å². The molecule has 10 aromatic rings. The number of para-hydroxylation sites is 3. The Balaban J connectivity index is 1.35. The van der Waals surface area contributed by atoms with E-state index in [0.717, 1.165) is 60.6 Å². The molecule has 0 aliphatic carbocycles. The van der Waals surface area contributed by atoms with Crippen molar-refractivity contribution in [2.45, 2.75) is 0 Å². The number of rotatable bonds is 3. The van der Waals surface area contributed by atoms with E-state index in [4.69, 9.17) is 8.83 Å². The van der Waals surface area contributed by atoms with Gasteiger partial charge in [-0.2, -0.15) is 0 Å². The van der Waals surface area contributed by atoms with Gasteiger partial charge >= 0.3 is 0 Å². The first-order valence-corrected chi connectivity index (χ1v) is 15.7. The van der Waals surface area contributed by atoms with Crippen molar-refractivity contribution in [1.29, 1.82) is 0 Å². The Morgan fingerprint density at radius 2 is 0.761 bits per heavy atom. The van der Waals surface area contributed by atoms with Crippen molar-refractivity contribution in [2.75, 3.05) is 0 Å². The molecule has 46 heavy (non-hydrogen) atoms. The van der Waals surface area contributed by atoms with Crippen LogP contribution in [0, 0.1) is 0 Å². The van der Waals surface area contributed by atoms with Crippen molar-refractivity contribution < 1.29 is 8.83 Å². The zero-order valence-electron chi connectivity index (χ0n) is 24.8. The average molecular weight is 587 g/mol. The van der Waals surface area contributed by atoms with Crippen molar-refractivity contribution in [3.05, 3.63) is 158 Å². The Hall–Kier alpha value is -6.12. The van der Waals surface area contributed by atoms with Crippen LogP contribution in [-0.4, -0.2) is 0 Å². The van der Waals surface area contributed by atoms with Crippen molar-refractivity contribution >= 4 is 65.4 Å². The maximum absolute atomic E-state index is 6.80. The molecule has 0 aliphatic rings. The number of furan rings is 2. The van der Waals surface area contributed by atoms with Crippen LogP contribution in [-0.2, 0) is 0 Å². The van der Waals surface area contributed by atoms with Crippen LogP contribution in [0.2, 0.25) is 0 Å². The van der Waals surface area contributed by atoms with Gasteiger partial charge in [-0.1, -0.05) is 140 Å². The maximum atomic E-state index is 6.80. The SMILES string of the molecule is c1ccc(-c2c3ccccc3c(-c3ccc(-c4cccc5c4oc4ccccc45)c4oc5ccccc5c34)c3ccccc23)cc1. The third kappa shape index (κ3) is 3.53. The van der Waals surface area contributed by atoms with E-state index in [9.17, 15) is 0 Å². The van der Waals surface area contributed by atoms with Crippen molar-refractivity contribution in [3.8, 4) is 33.4 Å². The molecule has 0 unspecified atom stereocenters. The Morgan fingerprint density at radius 1 is 0.283 bits per heavy atom. The van der Waals surface area contributed by atoms with Gasteiger partial charge in [0.05, 0.1) is 0 Å². The van der Waals surface area contributed by atoms with Crippen LogP contribution in [0.4, 0.5) is 0 Å². The Labute approximate surface area is 264 Å². The van der Waals surface area contributed by atoms with E-state index in [1.54, 1.807) is 0 Å². The summed E-state index contributed by atoms with van der Waals surface area (Å²) in [4.78, 5) is 0. The molecule has 214 valence electrons. The highest BCUT2D eigenvalue weighted by Gasteiger charge is 2.23. The van der Waals surface area contributed by atoms with Crippen molar-refractivity contribution in [1.82, 2.24) is 0 Å². The number of fused-ring (bicyclic) bond motifs is 8. The van der Waals surface area contributed by atoms with Crippen LogP contribution in [0.5, 0.6) is 0 Å². The van der Waals surface area contributed by atoms with E-state index >= 15 is 0 Å². The summed E-state index contributed by atoms with van der Waals surface area (Å²) < 4.78 is 13.3. The molecule has 2 nitrogen and oxygen atoms in total. The second-order valence-electron chi connectivity index (χ2n) is 12.0. The Kier molecular flexibility index (Phi) is 5.31. The van der Waals surface area contributed by atoms with Crippen LogP contribution in [0.25, 0.3) is 98.8 Å². The standard InChI is InChI=1S/C44H26O2/c1-2-13-27(14-3-1)40-29-16-4-6-18-31(29)41(32-19-7-5-17-30(32)40)37-26-25-35(44-42(37)36-20-9-11-24-39(36)46-44)34-22-12-21-33-28-15-8-10-23-38(28)45-43(33)34/h1-26H. The van der Waals surface area contributed by atoms with Crippen molar-refractivity contribution in [2.24, 2.45) is 0 Å². The topological polar surface area (TPSA) is 26.3 Å². The lowest BCUT2D eigenvalue weighted by Gasteiger charge is -2.18. The summed E-state index contributed by atoms with van der Waals surface area (Å²) in [5.74, 6) is 0. The van der Waals surface area contributed by atoms with Gasteiger partial charge in [-0.05, 0) is 62.0 Å². The normalized spacial score (nSPS) is 11.9. The molecule has 0 spiro atoms. The summed E-state index contributed by atoms with van der Waals surface area (Å²) in [5, 5.41) is 9.36. The molecule has 0 fully saturated rings. The van der Waals surface area contributed by atoms with E-state index < -0.39 is 0 Å². The van der Waals surface area contributed by atoms with Crippen LogP contribution in [0.1, 0.15) is 0 Å². The fourth-order valence-corrected chi connectivity index (χ4v) is 7.54. The molecule has 0 aliphatic heterocycles. The van der Waals surface area contributed by atoms with E-state index in [0.29, 0.717) is 0 Å². The first kappa shape index (κ1) is 25.2. The van der Waals surface area contributed by atoms with Crippen molar-refractivity contribution in [3.63, 3.8) is 0 Å². The lowest BCUT2D eigenvalue weighted by molar-refractivity contribution is 0.665. The molecule has 0 bridgehead atoms. The highest BCUT2D eigenvalue weighted by atomic mass is 16.3. The summed E-state index contributed by atoms with van der Waals surface area (Å²) in [6.07, 6.45) is 0. The van der Waals surface area contributed by atoms with Gasteiger partial charge in [0.15, 0.2) is 0 Å². The predicted octanol–water partition coefficient (Wildman–Crippen LogP) is 12.8. The first-order valence-electron chi connectivity index (χ1n) is 15.7. The third-order valence-electron chi connectivity index (χ3n) is 9.48. The van der Waals surface area contributed by atoms with Gasteiger partial charge in [-0.3, -0.25) is 0 Å². The van der Waals surface area contributed by atoms with Gasteiger partial charge in [0.1, 0.15) is 22.3 Å². The lowest BCUT2D eigenvalue weighted by atomic mass is 9.84. The minimum atomic E-state index is 0.868. The van der Waals surface area contributed by atoms with E-state index in [-0.39, 0.29) is 0 Å². The highest BCUT2D eigenvalue weighted by Crippen LogP contribution is 2.49. The summed E-state index contributed by atoms with van der Waals surface area (Å²) in [7, 11) is 0. The van der Waals surface area contributed by atoms with Gasteiger partial charge in [-0.25, -0.2) is 0 Å². The molecule has 2 aromatic heterocycles. The van der Waals surface area contributed by atoms with Crippen LogP contribution >= 0.6 is 0 Å². The molecule has 0 atom stereocenters. The Bertz CT molecular complexity index is 2740. The summed E-state index contributed by atoms with van der Waals surface area (Å²) in [6.45, 7) is 0. The molecule has 0 saturated carbocycles. The van der Waals surface area contributed by atoms with E-state index in [1.807, 2.05) is 18.2 Å². The van der Waals surface area contributed by atoms with Gasteiger partial charge in [-0.15, -0.1) is 0 Å². The zero-order chi connectivity index (χ0) is 30.2. The molecule has 0 saturated heterocycles. The van der Waals surface area contributed by atoms with Crippen LogP contribution in [0.15, 0.2) is 167 Å². The van der Waals surface area contributed by atoms with Crippen LogP contribution < -0.4 is 0 Å². The van der Waals surface area contributed by atoms with Gasteiger partial charge < -0.3 is 8.83 Å². The van der Waals surface area contributed by atoms with E-state index in [1.165, 1.54) is 38.2 Å². The second-order valence-corrected chi connectivity index (χ2v) is 12.0. The monoisotopic (exact) mass is 586 g/mol. The first-order chi connectivity index (χ1) is 22.8. The molecule has 2 heteroatoms. The third-order valence-corrected chi connectivity index (χ3v) is 9.48. The Morgan fingerprint density at radius 3 is 1.46 bits per heavy atom. The largest absolute Gasteiger partial charge is 0.455 e. The summed E-state index contributed by atoms with van der Waals surface area (Å²) in [6, 6.07) is 55.9. The molecule has 8 aromatic carbocycles. The molecule has 2 heterocycles. The molecular weight excluding hydrogens is 560 g/mol. The minimum Gasteiger partial charge on any atom is -0.455 e. The molecule has 0 radical (unpaired) electrons. The van der Waals surface area contributed by atoms with Gasteiger partial charge in [0.2, 0.25) is 0 Å². The average Bonchev–Trinajstić information content (AvgIpc) is 3.70. The second kappa shape index (κ2) is 9.69. The smallest absolute Gasteiger partial charge is 0.144 e. The predicted molar refractivity (Wildman–Crippen MR) is 192 cm³/mol. The summed E-state index contributed by atoms with van der Waals surface area (Å²) >= 11 is 0. The van der Waals surface area contributed by atoms with Gasteiger partial charge in [0.25, 0.3) is 0 Å². The highest BCUT2D eigenvalue weighted by molar-refractivity contribution is 6.27. The number of benzene rings is 8. The zero-order valence-corrected chi connectivity index (χ0v) is 24.8. The fourth-order valence-electron chi connectivity index (χ4n) is 7.54.